The second-order valence-electron chi connectivity index (χ2n) is 1.05. The van der Waals surface area contributed by atoms with E-state index in [0.29, 0.717) is 0 Å². The zero-order valence-electron chi connectivity index (χ0n) is 4.91. The maximum Gasteiger partial charge on any atom is 3.00 e. The van der Waals surface area contributed by atoms with E-state index in [4.69, 9.17) is 38.4 Å². The van der Waals surface area contributed by atoms with Crippen LogP contribution < -0.4 is 28.8 Å². The Morgan fingerprint density at radius 2 is 0.750 bits per heavy atom. The van der Waals surface area contributed by atoms with Gasteiger partial charge in [-0.2, -0.15) is 0 Å². The standard InChI is InChI=1S/Ho.H2O4Si.O4Si.Yb/c;2*1-5(2,3)4;/h;1-2H;;/q+3;-2;-4;+3. The molecule has 0 amide bonds. The molecule has 0 saturated carbocycles. The summed E-state index contributed by atoms with van der Waals surface area (Å²) in [5.74, 6) is 0. The summed E-state index contributed by atoms with van der Waals surface area (Å²) in [5, 5.41) is 0. The van der Waals surface area contributed by atoms with Crippen molar-refractivity contribution in [2.24, 2.45) is 0 Å². The molecule has 0 aromatic rings. The Labute approximate surface area is 138 Å². The van der Waals surface area contributed by atoms with E-state index in [9.17, 15) is 0 Å². The van der Waals surface area contributed by atoms with Crippen molar-refractivity contribution < 1.29 is 123 Å². The molecule has 12 heavy (non-hydrogen) atoms. The fourth-order valence-corrected chi connectivity index (χ4v) is 0. The molecule has 0 aliphatic heterocycles. The zero-order chi connectivity index (χ0) is 9.00. The van der Waals surface area contributed by atoms with E-state index in [-0.39, 0.29) is 84.7 Å². The molecule has 2 N–H and O–H groups in total. The Bertz CT molecular complexity index is 60.0. The molecule has 1 radical (unpaired) electrons. The molecule has 0 saturated heterocycles. The molecule has 8 nitrogen and oxygen atoms in total. The van der Waals surface area contributed by atoms with E-state index in [1.165, 1.54) is 0 Å². The van der Waals surface area contributed by atoms with E-state index >= 15 is 0 Å². The average Bonchev–Trinajstić information content (AvgIpc) is 1.12. The summed E-state index contributed by atoms with van der Waals surface area (Å²) in [7, 11) is -10.7. The van der Waals surface area contributed by atoms with E-state index < -0.39 is 18.1 Å². The molecular weight excluding hydrogens is 522 g/mol. The Morgan fingerprint density at radius 3 is 0.750 bits per heavy atom. The van der Waals surface area contributed by atoms with Gasteiger partial charge < -0.3 is 47.4 Å². The van der Waals surface area contributed by atoms with Crippen molar-refractivity contribution in [3.05, 3.63) is 0 Å². The third-order valence-electron chi connectivity index (χ3n) is 0. The van der Waals surface area contributed by atoms with Gasteiger partial charge in [0, 0.05) is 0 Å². The molecule has 0 atom stereocenters. The van der Waals surface area contributed by atoms with Crippen LogP contribution in [0.25, 0.3) is 0 Å². The zero-order valence-corrected chi connectivity index (χ0v) is 10.6. The summed E-state index contributed by atoms with van der Waals surface area (Å²) >= 11 is 0. The predicted molar refractivity (Wildman–Crippen MR) is 15.9 cm³/mol. The molecule has 0 aromatic carbocycles. The van der Waals surface area contributed by atoms with Gasteiger partial charge in [-0.05, 0) is 0 Å². The average molecular weight is 524 g/mol. The van der Waals surface area contributed by atoms with E-state index in [1.54, 1.807) is 0 Å². The molecule has 0 unspecified atom stereocenters. The first-order valence-corrected chi connectivity index (χ1v) is 5.02. The fourth-order valence-electron chi connectivity index (χ4n) is 0. The quantitative estimate of drug-likeness (QED) is 0.294. The van der Waals surface area contributed by atoms with Gasteiger partial charge in [-0.15, -0.1) is 0 Å². The Kier molecular flexibility index (Phi) is 21.0. The summed E-state index contributed by atoms with van der Waals surface area (Å²) in [6.45, 7) is 0. The van der Waals surface area contributed by atoms with Crippen LogP contribution in [0.3, 0.4) is 0 Å². The maximum absolute atomic E-state index is 8.80. The molecule has 0 fully saturated rings. The van der Waals surface area contributed by atoms with Gasteiger partial charge in [0.15, 0.2) is 0 Å². The molecular formula is H2HoO8Si2Yb. The molecule has 83 valence electrons. The molecule has 0 bridgehead atoms. The van der Waals surface area contributed by atoms with Gasteiger partial charge in [-0.1, -0.05) is 0 Å². The van der Waals surface area contributed by atoms with Crippen LogP contribution in [-0.2, 0) is 0 Å². The van der Waals surface area contributed by atoms with Crippen molar-refractivity contribution in [1.82, 2.24) is 0 Å². The monoisotopic (exact) mass is 525 g/mol. The SMILES string of the molecule is [Ho+3].[O-][Si]([O-])(O)O.[O-][Si]([O-])([O-])[O-].[Yb+3]. The van der Waals surface area contributed by atoms with Crippen LogP contribution in [0.4, 0.5) is 0 Å². The third-order valence-corrected chi connectivity index (χ3v) is 0. The Hall–Kier alpha value is 2.89. The van der Waals surface area contributed by atoms with Crippen LogP contribution in [0.15, 0.2) is 0 Å². The normalized spacial score (nSPS) is 10.0. The van der Waals surface area contributed by atoms with Crippen LogP contribution in [0.5, 0.6) is 0 Å². The minimum atomic E-state index is -5.61. The van der Waals surface area contributed by atoms with Crippen LogP contribution in [-0.4, -0.2) is 27.7 Å². The van der Waals surface area contributed by atoms with Gasteiger partial charge in [0.05, 0.1) is 0 Å². The number of rotatable bonds is 0. The van der Waals surface area contributed by atoms with Gasteiger partial charge >= 0.3 is 84.7 Å². The molecule has 0 aliphatic rings. The molecule has 0 spiro atoms. The van der Waals surface area contributed by atoms with E-state index in [1.807, 2.05) is 0 Å². The first kappa shape index (κ1) is 24.2. The van der Waals surface area contributed by atoms with E-state index in [2.05, 4.69) is 0 Å². The summed E-state index contributed by atoms with van der Waals surface area (Å²) in [4.78, 5) is 66.1. The van der Waals surface area contributed by atoms with Gasteiger partial charge in [0.25, 0.3) is 0 Å². The van der Waals surface area contributed by atoms with Crippen molar-refractivity contribution in [2.75, 3.05) is 0 Å². The maximum atomic E-state index is 8.80. The molecule has 0 aliphatic carbocycles. The number of hydrogen-bond donors (Lipinski definition) is 2. The largest absolute Gasteiger partial charge is 3.00 e. The third kappa shape index (κ3) is 218. The first-order chi connectivity index (χ1) is 4.00. The molecule has 12 heteroatoms. The first-order valence-electron chi connectivity index (χ1n) is 1.67. The summed E-state index contributed by atoms with van der Waals surface area (Å²) < 4.78 is 0. The minimum absolute atomic E-state index is 0. The van der Waals surface area contributed by atoms with Crippen LogP contribution in [0, 0.1) is 84.7 Å². The van der Waals surface area contributed by atoms with Crippen molar-refractivity contribution >= 4 is 18.1 Å². The second-order valence-corrected chi connectivity index (χ2v) is 3.15. The van der Waals surface area contributed by atoms with E-state index in [0.717, 1.165) is 0 Å². The fraction of sp³-hybridized carbons (Fsp3) is 0. The van der Waals surface area contributed by atoms with Crippen molar-refractivity contribution in [1.29, 1.82) is 0 Å². The predicted octanol–water partition coefficient (Wildman–Crippen LogP) is -9.01. The van der Waals surface area contributed by atoms with Gasteiger partial charge in [-0.3, -0.25) is 0 Å². The van der Waals surface area contributed by atoms with Crippen molar-refractivity contribution in [3.8, 4) is 0 Å². The second kappa shape index (κ2) is 10.4. The smallest absolute Gasteiger partial charge is 0.894 e. The van der Waals surface area contributed by atoms with Crippen molar-refractivity contribution in [3.63, 3.8) is 0 Å². The minimum Gasteiger partial charge on any atom is -0.894 e. The summed E-state index contributed by atoms with van der Waals surface area (Å²) in [5.41, 5.74) is 0. The van der Waals surface area contributed by atoms with Crippen molar-refractivity contribution in [2.45, 2.75) is 0 Å². The summed E-state index contributed by atoms with van der Waals surface area (Å²) in [6, 6.07) is 0. The topological polar surface area (TPSA) is 179 Å². The van der Waals surface area contributed by atoms with Crippen LogP contribution >= 0.6 is 0 Å². The molecule has 0 aromatic heterocycles. The Balaban J connectivity index is -0.0000000457. The van der Waals surface area contributed by atoms with Crippen LogP contribution in [0.2, 0.25) is 0 Å². The Morgan fingerprint density at radius 1 is 0.750 bits per heavy atom. The number of hydrogen-bond acceptors (Lipinski definition) is 8. The molecule has 0 rings (SSSR count). The van der Waals surface area contributed by atoms with Gasteiger partial charge in [0.2, 0.25) is 0 Å². The summed E-state index contributed by atoms with van der Waals surface area (Å²) in [6.07, 6.45) is 0. The molecule has 0 heterocycles. The van der Waals surface area contributed by atoms with Gasteiger partial charge in [-0.25, -0.2) is 0 Å². The van der Waals surface area contributed by atoms with Crippen LogP contribution in [0.1, 0.15) is 0 Å². The van der Waals surface area contributed by atoms with Gasteiger partial charge in [0.1, 0.15) is 9.05 Å².